The third-order valence-corrected chi connectivity index (χ3v) is 5.19. The average molecular weight is 358 g/mol. The van der Waals surface area contributed by atoms with Gasteiger partial charge in [-0.25, -0.2) is 0 Å². The minimum Gasteiger partial charge on any atom is -0.314 e. The Morgan fingerprint density at radius 2 is 1.86 bits per heavy atom. The van der Waals surface area contributed by atoms with Crippen LogP contribution in [0, 0.1) is 0 Å². The highest BCUT2D eigenvalue weighted by atomic mass is 79.9. The summed E-state index contributed by atoms with van der Waals surface area (Å²) in [6.07, 6.45) is 4.12. The SMILES string of the molecule is Brc1cnc2c(c1)CCc1ccccc1C2N1CCNCC1. The first-order chi connectivity index (χ1) is 10.8. The van der Waals surface area contributed by atoms with Crippen LogP contribution in [0.25, 0.3) is 0 Å². The fourth-order valence-corrected chi connectivity index (χ4v) is 4.07. The molecule has 1 aromatic carbocycles. The molecule has 2 heterocycles. The van der Waals surface area contributed by atoms with Crippen LogP contribution in [0.5, 0.6) is 0 Å². The normalized spacial score (nSPS) is 21.8. The first kappa shape index (κ1) is 14.4. The highest BCUT2D eigenvalue weighted by Gasteiger charge is 2.30. The number of aryl methyl sites for hydroxylation is 2. The summed E-state index contributed by atoms with van der Waals surface area (Å²) in [7, 11) is 0. The number of hydrogen-bond donors (Lipinski definition) is 1. The third-order valence-electron chi connectivity index (χ3n) is 4.76. The number of aromatic nitrogens is 1. The summed E-state index contributed by atoms with van der Waals surface area (Å²) in [6.45, 7) is 4.28. The van der Waals surface area contributed by atoms with E-state index in [9.17, 15) is 0 Å². The van der Waals surface area contributed by atoms with Crippen LogP contribution < -0.4 is 5.32 Å². The molecule has 2 aromatic rings. The Kier molecular flexibility index (Phi) is 3.99. The van der Waals surface area contributed by atoms with Gasteiger partial charge in [0.15, 0.2) is 0 Å². The highest BCUT2D eigenvalue weighted by molar-refractivity contribution is 9.10. The largest absolute Gasteiger partial charge is 0.314 e. The maximum Gasteiger partial charge on any atom is 0.0782 e. The predicted octanol–water partition coefficient (Wildman–Crippen LogP) is 2.94. The Morgan fingerprint density at radius 1 is 1.09 bits per heavy atom. The highest BCUT2D eigenvalue weighted by Crippen LogP contribution is 2.36. The lowest BCUT2D eigenvalue weighted by Gasteiger charge is -2.35. The number of pyridine rings is 1. The quantitative estimate of drug-likeness (QED) is 0.850. The van der Waals surface area contributed by atoms with Crippen molar-refractivity contribution in [2.75, 3.05) is 26.2 Å². The number of piperazine rings is 1. The Labute approximate surface area is 139 Å². The molecular formula is C18H20BrN3. The lowest BCUT2D eigenvalue weighted by atomic mass is 9.96. The van der Waals surface area contributed by atoms with Crippen molar-refractivity contribution in [2.24, 2.45) is 0 Å². The lowest BCUT2D eigenvalue weighted by Crippen LogP contribution is -2.45. The van der Waals surface area contributed by atoms with E-state index in [4.69, 9.17) is 4.98 Å². The van der Waals surface area contributed by atoms with Gasteiger partial charge in [-0.05, 0) is 51.5 Å². The van der Waals surface area contributed by atoms with Gasteiger partial charge in [0.25, 0.3) is 0 Å². The van der Waals surface area contributed by atoms with Gasteiger partial charge in [-0.1, -0.05) is 24.3 Å². The van der Waals surface area contributed by atoms with Crippen molar-refractivity contribution < 1.29 is 0 Å². The molecule has 4 heteroatoms. The Hall–Kier alpha value is -1.23. The molecule has 0 saturated carbocycles. The van der Waals surface area contributed by atoms with Crippen LogP contribution in [0.1, 0.15) is 28.4 Å². The minimum atomic E-state index is 0.295. The molecular weight excluding hydrogens is 338 g/mol. The van der Waals surface area contributed by atoms with Crippen LogP contribution in [-0.2, 0) is 12.8 Å². The van der Waals surface area contributed by atoms with Gasteiger partial charge in [0.2, 0.25) is 0 Å². The fourth-order valence-electron chi connectivity index (χ4n) is 3.69. The van der Waals surface area contributed by atoms with E-state index in [-0.39, 0.29) is 0 Å². The van der Waals surface area contributed by atoms with Gasteiger partial charge in [-0.2, -0.15) is 0 Å². The van der Waals surface area contributed by atoms with E-state index in [1.165, 1.54) is 22.4 Å². The second-order valence-electron chi connectivity index (χ2n) is 6.09. The fraction of sp³-hybridized carbons (Fsp3) is 0.389. The van der Waals surface area contributed by atoms with E-state index in [0.29, 0.717) is 6.04 Å². The van der Waals surface area contributed by atoms with Crippen LogP contribution in [0.4, 0.5) is 0 Å². The second-order valence-corrected chi connectivity index (χ2v) is 7.00. The number of benzene rings is 1. The summed E-state index contributed by atoms with van der Waals surface area (Å²) in [6, 6.07) is 11.4. The summed E-state index contributed by atoms with van der Waals surface area (Å²) in [5.41, 5.74) is 5.54. The molecule has 3 nitrogen and oxygen atoms in total. The monoisotopic (exact) mass is 357 g/mol. The lowest BCUT2D eigenvalue weighted by molar-refractivity contribution is 0.195. The zero-order chi connectivity index (χ0) is 14.9. The summed E-state index contributed by atoms with van der Waals surface area (Å²) < 4.78 is 1.08. The van der Waals surface area contributed by atoms with E-state index < -0.39 is 0 Å². The molecule has 1 aliphatic heterocycles. The van der Waals surface area contributed by atoms with E-state index in [0.717, 1.165) is 43.5 Å². The third kappa shape index (κ3) is 2.60. The molecule has 0 spiro atoms. The first-order valence-corrected chi connectivity index (χ1v) is 8.79. The van der Waals surface area contributed by atoms with Gasteiger partial charge >= 0.3 is 0 Å². The van der Waals surface area contributed by atoms with Crippen molar-refractivity contribution in [2.45, 2.75) is 18.9 Å². The Morgan fingerprint density at radius 3 is 2.73 bits per heavy atom. The summed E-state index contributed by atoms with van der Waals surface area (Å²) in [5, 5.41) is 3.46. The Balaban J connectivity index is 1.86. The first-order valence-electron chi connectivity index (χ1n) is 8.00. The molecule has 0 radical (unpaired) electrons. The van der Waals surface area contributed by atoms with Crippen molar-refractivity contribution in [1.82, 2.24) is 15.2 Å². The number of fused-ring (bicyclic) bond motifs is 2. The van der Waals surface area contributed by atoms with Crippen molar-refractivity contribution in [1.29, 1.82) is 0 Å². The van der Waals surface area contributed by atoms with Gasteiger partial charge in [-0.3, -0.25) is 9.88 Å². The molecule has 1 N–H and O–H groups in total. The topological polar surface area (TPSA) is 28.2 Å². The smallest absolute Gasteiger partial charge is 0.0782 e. The van der Waals surface area contributed by atoms with Crippen molar-refractivity contribution in [3.63, 3.8) is 0 Å². The number of nitrogens with zero attached hydrogens (tertiary/aromatic N) is 2. The van der Waals surface area contributed by atoms with E-state index >= 15 is 0 Å². The molecule has 2 aliphatic rings. The van der Waals surface area contributed by atoms with Crippen molar-refractivity contribution in [3.8, 4) is 0 Å². The van der Waals surface area contributed by atoms with Gasteiger partial charge in [0, 0.05) is 36.8 Å². The van der Waals surface area contributed by atoms with E-state index in [2.05, 4.69) is 56.5 Å². The summed E-state index contributed by atoms with van der Waals surface area (Å²) in [4.78, 5) is 7.41. The van der Waals surface area contributed by atoms with Crippen LogP contribution in [0.3, 0.4) is 0 Å². The molecule has 0 bridgehead atoms. The molecule has 22 heavy (non-hydrogen) atoms. The van der Waals surface area contributed by atoms with Gasteiger partial charge in [0.05, 0.1) is 11.7 Å². The maximum atomic E-state index is 4.83. The number of rotatable bonds is 1. The van der Waals surface area contributed by atoms with E-state index in [1.54, 1.807) is 0 Å². The standard InChI is InChI=1S/C18H20BrN3/c19-15-11-14-6-5-13-3-1-2-4-16(13)18(17(14)21-12-15)22-9-7-20-8-10-22/h1-4,11-12,18,20H,5-10H2. The van der Waals surface area contributed by atoms with Crippen LogP contribution in [0.2, 0.25) is 0 Å². The number of nitrogens with one attached hydrogen (secondary N) is 1. The second kappa shape index (κ2) is 6.11. The molecule has 1 saturated heterocycles. The van der Waals surface area contributed by atoms with Crippen molar-refractivity contribution >= 4 is 15.9 Å². The molecule has 0 amide bonds. The molecule has 4 rings (SSSR count). The zero-order valence-electron chi connectivity index (χ0n) is 12.6. The van der Waals surface area contributed by atoms with Crippen LogP contribution in [0.15, 0.2) is 41.0 Å². The van der Waals surface area contributed by atoms with Gasteiger partial charge in [0.1, 0.15) is 0 Å². The van der Waals surface area contributed by atoms with Gasteiger partial charge < -0.3 is 5.32 Å². The zero-order valence-corrected chi connectivity index (χ0v) is 14.1. The molecule has 1 unspecified atom stereocenters. The van der Waals surface area contributed by atoms with Crippen molar-refractivity contribution in [3.05, 3.63) is 63.4 Å². The summed E-state index contributed by atoms with van der Waals surface area (Å²) in [5.74, 6) is 0. The van der Waals surface area contributed by atoms with Crippen LogP contribution >= 0.6 is 15.9 Å². The molecule has 1 fully saturated rings. The number of hydrogen-bond acceptors (Lipinski definition) is 3. The van der Waals surface area contributed by atoms with Gasteiger partial charge in [-0.15, -0.1) is 0 Å². The maximum absolute atomic E-state index is 4.83. The summed E-state index contributed by atoms with van der Waals surface area (Å²) >= 11 is 3.58. The number of halogens is 1. The predicted molar refractivity (Wildman–Crippen MR) is 92.1 cm³/mol. The Bertz CT molecular complexity index is 680. The molecule has 1 aromatic heterocycles. The molecule has 114 valence electrons. The van der Waals surface area contributed by atoms with Crippen LogP contribution in [-0.4, -0.2) is 36.1 Å². The van der Waals surface area contributed by atoms with E-state index in [1.807, 2.05) is 6.20 Å². The molecule has 1 aliphatic carbocycles. The minimum absolute atomic E-state index is 0.295. The average Bonchev–Trinajstić information content (AvgIpc) is 2.72. The molecule has 1 atom stereocenters.